The summed E-state index contributed by atoms with van der Waals surface area (Å²) in [5.41, 5.74) is 3.86. The lowest BCUT2D eigenvalue weighted by Gasteiger charge is -2.10. The summed E-state index contributed by atoms with van der Waals surface area (Å²) < 4.78 is 37.9. The fraction of sp³-hybridized carbons (Fsp3) is 0.0909. The first-order valence-electron chi connectivity index (χ1n) is 4.84. The maximum absolute atomic E-state index is 12.6. The minimum atomic E-state index is -4.62. The van der Waals surface area contributed by atoms with Crippen LogP contribution in [0.4, 0.5) is 18.9 Å². The van der Waals surface area contributed by atoms with Gasteiger partial charge in [-0.1, -0.05) is 23.7 Å². The lowest BCUT2D eigenvalue weighted by atomic mass is 10.2. The van der Waals surface area contributed by atoms with Crippen LogP contribution in [0.2, 0.25) is 5.02 Å². The van der Waals surface area contributed by atoms with Gasteiger partial charge in [-0.05, 0) is 12.1 Å². The molecule has 0 saturated heterocycles. The van der Waals surface area contributed by atoms with Gasteiger partial charge in [0, 0.05) is 5.56 Å². The van der Waals surface area contributed by atoms with Gasteiger partial charge in [0.1, 0.15) is 0 Å². The molecule has 0 bridgehead atoms. The van der Waals surface area contributed by atoms with Gasteiger partial charge in [0.25, 0.3) is 0 Å². The molecule has 1 heterocycles. The number of alkyl halides is 3. The molecule has 0 aliphatic carbocycles. The molecule has 0 saturated carbocycles. The fourth-order valence-electron chi connectivity index (χ4n) is 1.39. The van der Waals surface area contributed by atoms with E-state index >= 15 is 0 Å². The topological polar surface area (TPSA) is 51.8 Å². The normalized spacial score (nSPS) is 11.6. The van der Waals surface area contributed by atoms with Crippen molar-refractivity contribution in [2.75, 3.05) is 5.73 Å². The number of nitrogen functional groups attached to an aromatic ring is 1. The first kappa shape index (κ1) is 12.6. The number of nitrogens with two attached hydrogens (primary N) is 1. The molecule has 1 aromatic heterocycles. The molecule has 3 nitrogen and oxygen atoms in total. The minimum absolute atomic E-state index is 0.109. The van der Waals surface area contributed by atoms with Gasteiger partial charge in [0.2, 0.25) is 0 Å². The molecule has 7 heteroatoms. The molecule has 2 rings (SSSR count). The van der Waals surface area contributed by atoms with Crippen molar-refractivity contribution in [3.8, 4) is 11.4 Å². The van der Waals surface area contributed by atoms with Crippen molar-refractivity contribution in [3.05, 3.63) is 41.2 Å². The van der Waals surface area contributed by atoms with Crippen molar-refractivity contribution >= 4 is 17.3 Å². The van der Waals surface area contributed by atoms with Gasteiger partial charge < -0.3 is 5.73 Å². The molecule has 0 amide bonds. The van der Waals surface area contributed by atoms with Gasteiger partial charge in [-0.15, -0.1) is 0 Å². The first-order chi connectivity index (χ1) is 8.39. The molecule has 2 aromatic rings. The molecule has 2 N–H and O–H groups in total. The van der Waals surface area contributed by atoms with E-state index in [9.17, 15) is 13.2 Å². The maximum atomic E-state index is 12.6. The Kier molecular flexibility index (Phi) is 3.13. The summed E-state index contributed by atoms with van der Waals surface area (Å²) in [5, 5.41) is 0.274. The summed E-state index contributed by atoms with van der Waals surface area (Å²) >= 11 is 5.87. The van der Waals surface area contributed by atoms with E-state index in [4.69, 9.17) is 17.3 Å². The van der Waals surface area contributed by atoms with Crippen molar-refractivity contribution in [2.24, 2.45) is 0 Å². The molecule has 0 fully saturated rings. The molecular formula is C11H7ClF3N3. The fourth-order valence-corrected chi connectivity index (χ4v) is 1.61. The van der Waals surface area contributed by atoms with E-state index in [0.29, 0.717) is 5.56 Å². The highest BCUT2D eigenvalue weighted by molar-refractivity contribution is 6.33. The van der Waals surface area contributed by atoms with Crippen LogP contribution in [0.1, 0.15) is 5.69 Å². The summed E-state index contributed by atoms with van der Waals surface area (Å²) in [6.07, 6.45) is -3.70. The van der Waals surface area contributed by atoms with Crippen LogP contribution in [0.15, 0.2) is 30.5 Å². The Bertz CT molecular complexity index is 584. The molecule has 18 heavy (non-hydrogen) atoms. The molecule has 0 radical (unpaired) electrons. The third-order valence-corrected chi connectivity index (χ3v) is 2.53. The number of hydrogen-bond acceptors (Lipinski definition) is 3. The zero-order valence-corrected chi connectivity index (χ0v) is 9.63. The predicted octanol–water partition coefficient (Wildman–Crippen LogP) is 3.40. The largest absolute Gasteiger partial charge is 0.435 e. The molecule has 0 atom stereocenters. The van der Waals surface area contributed by atoms with Gasteiger partial charge in [-0.2, -0.15) is 13.2 Å². The third kappa shape index (κ3) is 2.38. The number of benzene rings is 1. The van der Waals surface area contributed by atoms with Gasteiger partial charge in [-0.3, -0.25) is 0 Å². The molecule has 0 spiro atoms. The van der Waals surface area contributed by atoms with Crippen LogP contribution in [-0.2, 0) is 6.18 Å². The van der Waals surface area contributed by atoms with Crippen LogP contribution in [0.5, 0.6) is 0 Å². The van der Waals surface area contributed by atoms with Crippen molar-refractivity contribution in [3.63, 3.8) is 0 Å². The van der Waals surface area contributed by atoms with E-state index in [-0.39, 0.29) is 10.8 Å². The Morgan fingerprint density at radius 1 is 1.17 bits per heavy atom. The van der Waals surface area contributed by atoms with Crippen LogP contribution < -0.4 is 5.73 Å². The summed E-state index contributed by atoms with van der Waals surface area (Å²) in [6, 6.07) is 6.37. The second-order valence-electron chi connectivity index (χ2n) is 3.48. The lowest BCUT2D eigenvalue weighted by molar-refractivity contribution is -0.140. The van der Waals surface area contributed by atoms with Crippen molar-refractivity contribution in [2.45, 2.75) is 6.18 Å². The van der Waals surface area contributed by atoms with E-state index in [2.05, 4.69) is 9.97 Å². The van der Waals surface area contributed by atoms with Crippen LogP contribution in [0.3, 0.4) is 0 Å². The monoisotopic (exact) mass is 273 g/mol. The number of aromatic nitrogens is 2. The summed E-state index contributed by atoms with van der Waals surface area (Å²) in [4.78, 5) is 7.19. The zero-order chi connectivity index (χ0) is 13.3. The van der Waals surface area contributed by atoms with Gasteiger partial charge in [0.05, 0.1) is 16.9 Å². The zero-order valence-electron chi connectivity index (χ0n) is 8.87. The van der Waals surface area contributed by atoms with Crippen LogP contribution in [-0.4, -0.2) is 9.97 Å². The molecule has 94 valence electrons. The van der Waals surface area contributed by atoms with Crippen LogP contribution in [0.25, 0.3) is 11.4 Å². The highest BCUT2D eigenvalue weighted by atomic mass is 35.5. The van der Waals surface area contributed by atoms with E-state index in [1.165, 1.54) is 6.07 Å². The Morgan fingerprint density at radius 3 is 2.44 bits per heavy atom. The standard InChI is InChI=1S/C11H7ClF3N3/c12-7-4-2-1-3-6(7)10-17-5-8(16)9(18-10)11(13,14)15/h1-5H,16H2. The first-order valence-corrected chi connectivity index (χ1v) is 5.22. The van der Waals surface area contributed by atoms with Crippen LogP contribution >= 0.6 is 11.6 Å². The lowest BCUT2D eigenvalue weighted by Crippen LogP contribution is -2.13. The number of hydrogen-bond donors (Lipinski definition) is 1. The molecule has 1 aromatic carbocycles. The van der Waals surface area contributed by atoms with E-state index in [1.807, 2.05) is 0 Å². The average Bonchev–Trinajstić information content (AvgIpc) is 2.29. The van der Waals surface area contributed by atoms with Crippen molar-refractivity contribution in [1.29, 1.82) is 0 Å². The van der Waals surface area contributed by atoms with E-state index in [1.54, 1.807) is 18.2 Å². The highest BCUT2D eigenvalue weighted by Gasteiger charge is 2.35. The van der Waals surface area contributed by atoms with Crippen LogP contribution in [0, 0.1) is 0 Å². The minimum Gasteiger partial charge on any atom is -0.396 e. The van der Waals surface area contributed by atoms with Gasteiger partial charge >= 0.3 is 6.18 Å². The summed E-state index contributed by atoms with van der Waals surface area (Å²) in [7, 11) is 0. The van der Waals surface area contributed by atoms with Gasteiger partial charge in [-0.25, -0.2) is 9.97 Å². The Labute approximate surface area is 105 Å². The summed E-state index contributed by atoms with van der Waals surface area (Å²) in [5.74, 6) is -0.109. The molecule has 0 unspecified atom stereocenters. The molecule has 0 aliphatic rings. The average molecular weight is 274 g/mol. The van der Waals surface area contributed by atoms with Gasteiger partial charge in [0.15, 0.2) is 11.5 Å². The second-order valence-corrected chi connectivity index (χ2v) is 3.88. The second kappa shape index (κ2) is 4.45. The predicted molar refractivity (Wildman–Crippen MR) is 61.9 cm³/mol. The van der Waals surface area contributed by atoms with Crippen molar-refractivity contribution < 1.29 is 13.2 Å². The van der Waals surface area contributed by atoms with Crippen molar-refractivity contribution in [1.82, 2.24) is 9.97 Å². The van der Waals surface area contributed by atoms with E-state index < -0.39 is 17.6 Å². The SMILES string of the molecule is Nc1cnc(-c2ccccc2Cl)nc1C(F)(F)F. The maximum Gasteiger partial charge on any atom is 0.435 e. The third-order valence-electron chi connectivity index (χ3n) is 2.20. The Hall–Kier alpha value is -1.82. The number of anilines is 1. The number of rotatable bonds is 1. The number of halogens is 4. The molecule has 0 aliphatic heterocycles. The molecular weight excluding hydrogens is 267 g/mol. The highest BCUT2D eigenvalue weighted by Crippen LogP contribution is 2.33. The number of nitrogens with zero attached hydrogens (tertiary/aromatic N) is 2. The van der Waals surface area contributed by atoms with E-state index in [0.717, 1.165) is 6.20 Å². The smallest absolute Gasteiger partial charge is 0.396 e. The quantitative estimate of drug-likeness (QED) is 0.866. The Morgan fingerprint density at radius 2 is 1.83 bits per heavy atom. The Balaban J connectivity index is 2.58. The summed E-state index contributed by atoms with van der Waals surface area (Å²) in [6.45, 7) is 0.